The Morgan fingerprint density at radius 1 is 1.29 bits per heavy atom. The van der Waals surface area contributed by atoms with Gasteiger partial charge in [0.15, 0.2) is 0 Å². The van der Waals surface area contributed by atoms with Gasteiger partial charge in [0.25, 0.3) is 5.91 Å². The van der Waals surface area contributed by atoms with Crippen molar-refractivity contribution in [3.8, 4) is 0 Å². The monoisotopic (exact) mass is 226 g/mol. The fourth-order valence-corrected chi connectivity index (χ4v) is 2.12. The fourth-order valence-electron chi connectivity index (χ4n) is 2.12. The van der Waals surface area contributed by atoms with Gasteiger partial charge in [-0.25, -0.2) is 0 Å². The number of pyridine rings is 1. The van der Waals surface area contributed by atoms with Crippen LogP contribution in [0.2, 0.25) is 0 Å². The molecule has 0 radical (unpaired) electrons. The first-order valence-electron chi connectivity index (χ1n) is 5.90. The molecular formula is C14H14N2O. The molecule has 0 spiro atoms. The smallest absolute Gasteiger partial charge is 0.253 e. The van der Waals surface area contributed by atoms with Crippen LogP contribution < -0.4 is 0 Å². The number of fused-ring (bicyclic) bond motifs is 1. The summed E-state index contributed by atoms with van der Waals surface area (Å²) < 4.78 is 0. The number of aryl methyl sites for hydroxylation is 1. The van der Waals surface area contributed by atoms with Crippen molar-refractivity contribution in [3.05, 3.63) is 41.6 Å². The Labute approximate surface area is 100 Å². The Balaban J connectivity index is 2.06. The summed E-state index contributed by atoms with van der Waals surface area (Å²) in [6.07, 6.45) is 2.93. The molecule has 86 valence electrons. The minimum absolute atomic E-state index is 0.140. The van der Waals surface area contributed by atoms with Gasteiger partial charge in [-0.1, -0.05) is 0 Å². The number of carbonyl (C=O) groups is 1. The lowest BCUT2D eigenvalue weighted by Gasteiger charge is -2.31. The molecule has 1 aromatic heterocycles. The topological polar surface area (TPSA) is 33.2 Å². The molecule has 1 aliphatic heterocycles. The van der Waals surface area contributed by atoms with Crippen LogP contribution in [0.15, 0.2) is 30.5 Å². The molecule has 3 rings (SSSR count). The molecule has 2 aromatic rings. The first kappa shape index (κ1) is 10.3. The summed E-state index contributed by atoms with van der Waals surface area (Å²) in [6, 6.07) is 7.73. The van der Waals surface area contributed by atoms with E-state index in [4.69, 9.17) is 0 Å². The Hall–Kier alpha value is -1.90. The van der Waals surface area contributed by atoms with Crippen LogP contribution in [0.3, 0.4) is 0 Å². The predicted molar refractivity (Wildman–Crippen MR) is 67.0 cm³/mol. The standard InChI is InChI=1S/C14H14N2O/c1-10-5-6-15-13-4-3-11(9-12(10)13)14(17)16-7-2-8-16/h3-6,9H,2,7-8H2,1H3. The number of carbonyl (C=O) groups excluding carboxylic acids is 1. The molecule has 1 aromatic carbocycles. The second kappa shape index (κ2) is 3.84. The van der Waals surface area contributed by atoms with E-state index in [9.17, 15) is 4.79 Å². The van der Waals surface area contributed by atoms with Crippen LogP contribution >= 0.6 is 0 Å². The molecule has 3 nitrogen and oxygen atoms in total. The zero-order valence-electron chi connectivity index (χ0n) is 9.81. The highest BCUT2D eigenvalue weighted by Crippen LogP contribution is 2.20. The maximum absolute atomic E-state index is 12.1. The number of hydrogen-bond acceptors (Lipinski definition) is 2. The van der Waals surface area contributed by atoms with Crippen LogP contribution in [0, 0.1) is 6.92 Å². The van der Waals surface area contributed by atoms with Crippen molar-refractivity contribution in [2.75, 3.05) is 13.1 Å². The summed E-state index contributed by atoms with van der Waals surface area (Å²) in [5.74, 6) is 0.140. The molecule has 0 bridgehead atoms. The molecule has 17 heavy (non-hydrogen) atoms. The van der Waals surface area contributed by atoms with E-state index in [-0.39, 0.29) is 5.91 Å². The van der Waals surface area contributed by atoms with E-state index < -0.39 is 0 Å². The van der Waals surface area contributed by atoms with Crippen molar-refractivity contribution in [2.24, 2.45) is 0 Å². The van der Waals surface area contributed by atoms with Crippen molar-refractivity contribution < 1.29 is 4.79 Å². The van der Waals surface area contributed by atoms with Crippen molar-refractivity contribution in [1.82, 2.24) is 9.88 Å². The minimum atomic E-state index is 0.140. The van der Waals surface area contributed by atoms with Gasteiger partial charge in [0.05, 0.1) is 5.52 Å². The molecule has 0 saturated carbocycles. The summed E-state index contributed by atoms with van der Waals surface area (Å²) in [5, 5.41) is 1.07. The average molecular weight is 226 g/mol. The van der Waals surface area contributed by atoms with Crippen LogP contribution in [0.5, 0.6) is 0 Å². The van der Waals surface area contributed by atoms with E-state index in [2.05, 4.69) is 4.98 Å². The number of likely N-dealkylation sites (tertiary alicyclic amines) is 1. The van der Waals surface area contributed by atoms with Gasteiger partial charge < -0.3 is 4.90 Å². The molecule has 3 heteroatoms. The Morgan fingerprint density at radius 3 is 2.82 bits per heavy atom. The highest BCUT2D eigenvalue weighted by atomic mass is 16.2. The first-order chi connectivity index (χ1) is 8.25. The average Bonchev–Trinajstić information content (AvgIpc) is 2.27. The van der Waals surface area contributed by atoms with Gasteiger partial charge in [-0.15, -0.1) is 0 Å². The molecule has 0 N–H and O–H groups in total. The van der Waals surface area contributed by atoms with Gasteiger partial charge >= 0.3 is 0 Å². The third-order valence-corrected chi connectivity index (χ3v) is 3.35. The van der Waals surface area contributed by atoms with Crippen LogP contribution in [-0.4, -0.2) is 28.9 Å². The highest BCUT2D eigenvalue weighted by molar-refractivity contribution is 5.98. The molecule has 1 aliphatic rings. The summed E-state index contributed by atoms with van der Waals surface area (Å²) in [7, 11) is 0. The lowest BCUT2D eigenvalue weighted by molar-refractivity contribution is 0.0652. The van der Waals surface area contributed by atoms with Gasteiger partial charge in [-0.3, -0.25) is 9.78 Å². The van der Waals surface area contributed by atoms with E-state index in [0.29, 0.717) is 0 Å². The normalized spacial score (nSPS) is 14.8. The van der Waals surface area contributed by atoms with Crippen molar-refractivity contribution in [1.29, 1.82) is 0 Å². The zero-order chi connectivity index (χ0) is 11.8. The van der Waals surface area contributed by atoms with E-state index in [1.54, 1.807) is 6.20 Å². The van der Waals surface area contributed by atoms with Gasteiger partial charge in [-0.05, 0) is 43.2 Å². The molecule has 2 heterocycles. The molecule has 0 aliphatic carbocycles. The zero-order valence-corrected chi connectivity index (χ0v) is 9.81. The van der Waals surface area contributed by atoms with E-state index >= 15 is 0 Å². The third-order valence-electron chi connectivity index (χ3n) is 3.35. The maximum Gasteiger partial charge on any atom is 0.253 e. The number of nitrogens with zero attached hydrogens (tertiary/aromatic N) is 2. The maximum atomic E-state index is 12.1. The lowest BCUT2D eigenvalue weighted by Crippen LogP contribution is -2.41. The van der Waals surface area contributed by atoms with Gasteiger partial charge in [0, 0.05) is 30.2 Å². The van der Waals surface area contributed by atoms with Crippen molar-refractivity contribution in [3.63, 3.8) is 0 Å². The largest absolute Gasteiger partial charge is 0.339 e. The van der Waals surface area contributed by atoms with Crippen molar-refractivity contribution in [2.45, 2.75) is 13.3 Å². The van der Waals surface area contributed by atoms with Gasteiger partial charge in [-0.2, -0.15) is 0 Å². The number of hydrogen-bond donors (Lipinski definition) is 0. The third kappa shape index (κ3) is 1.68. The van der Waals surface area contributed by atoms with Crippen molar-refractivity contribution >= 4 is 16.8 Å². The lowest BCUT2D eigenvalue weighted by atomic mass is 10.0. The Morgan fingerprint density at radius 2 is 2.12 bits per heavy atom. The first-order valence-corrected chi connectivity index (χ1v) is 5.90. The van der Waals surface area contributed by atoms with Gasteiger partial charge in [0.2, 0.25) is 0 Å². The van der Waals surface area contributed by atoms with Crippen LogP contribution in [0.25, 0.3) is 10.9 Å². The highest BCUT2D eigenvalue weighted by Gasteiger charge is 2.21. The quantitative estimate of drug-likeness (QED) is 0.748. The molecule has 0 unspecified atom stereocenters. The van der Waals surface area contributed by atoms with Crippen LogP contribution in [0.1, 0.15) is 22.3 Å². The molecule has 0 atom stereocenters. The van der Waals surface area contributed by atoms with E-state index in [0.717, 1.165) is 41.5 Å². The number of amides is 1. The molecule has 1 fully saturated rings. The molecule has 1 saturated heterocycles. The molecule has 1 amide bonds. The number of benzene rings is 1. The van der Waals surface area contributed by atoms with Crippen LogP contribution in [0.4, 0.5) is 0 Å². The summed E-state index contributed by atoms with van der Waals surface area (Å²) in [4.78, 5) is 18.3. The fraction of sp³-hybridized carbons (Fsp3) is 0.286. The minimum Gasteiger partial charge on any atom is -0.339 e. The summed E-state index contributed by atoms with van der Waals surface area (Å²) in [5.41, 5.74) is 2.88. The Kier molecular flexibility index (Phi) is 2.32. The second-order valence-corrected chi connectivity index (χ2v) is 4.51. The summed E-state index contributed by atoms with van der Waals surface area (Å²) >= 11 is 0. The SMILES string of the molecule is Cc1ccnc2ccc(C(=O)N3CCC3)cc12. The second-order valence-electron chi connectivity index (χ2n) is 4.51. The molecular weight excluding hydrogens is 212 g/mol. The van der Waals surface area contributed by atoms with Crippen LogP contribution in [-0.2, 0) is 0 Å². The van der Waals surface area contributed by atoms with E-state index in [1.165, 1.54) is 0 Å². The van der Waals surface area contributed by atoms with Gasteiger partial charge in [0.1, 0.15) is 0 Å². The number of rotatable bonds is 1. The Bertz CT molecular complexity index is 588. The predicted octanol–water partition coefficient (Wildman–Crippen LogP) is 2.39. The summed E-state index contributed by atoms with van der Waals surface area (Å²) in [6.45, 7) is 3.83. The van der Waals surface area contributed by atoms with E-state index in [1.807, 2.05) is 36.1 Å². The number of aromatic nitrogens is 1.